The SMILES string of the molecule is CC(N=C(N)N)C1CCCC1. The number of nitrogens with zero attached hydrogens (tertiary/aromatic N) is 1. The van der Waals surface area contributed by atoms with Gasteiger partial charge in [0.2, 0.25) is 0 Å². The lowest BCUT2D eigenvalue weighted by Crippen LogP contribution is -2.26. The molecule has 0 saturated heterocycles. The van der Waals surface area contributed by atoms with Gasteiger partial charge in [0.25, 0.3) is 0 Å². The molecule has 11 heavy (non-hydrogen) atoms. The fraction of sp³-hybridized carbons (Fsp3) is 0.875. The highest BCUT2D eigenvalue weighted by Gasteiger charge is 2.20. The van der Waals surface area contributed by atoms with Gasteiger partial charge in [0, 0.05) is 0 Å². The van der Waals surface area contributed by atoms with Crippen LogP contribution in [-0.4, -0.2) is 12.0 Å². The second-order valence-corrected chi connectivity index (χ2v) is 3.34. The average molecular weight is 155 g/mol. The Labute approximate surface area is 67.9 Å². The van der Waals surface area contributed by atoms with Crippen molar-refractivity contribution in [1.82, 2.24) is 0 Å². The summed E-state index contributed by atoms with van der Waals surface area (Å²) in [5.41, 5.74) is 10.6. The molecule has 3 heteroatoms. The molecule has 0 aliphatic heterocycles. The summed E-state index contributed by atoms with van der Waals surface area (Å²) in [5, 5.41) is 0. The zero-order valence-corrected chi connectivity index (χ0v) is 7.09. The fourth-order valence-corrected chi connectivity index (χ4v) is 1.78. The van der Waals surface area contributed by atoms with Crippen molar-refractivity contribution >= 4 is 5.96 Å². The van der Waals surface area contributed by atoms with E-state index in [1.807, 2.05) is 0 Å². The maximum Gasteiger partial charge on any atom is 0.186 e. The highest BCUT2D eigenvalue weighted by atomic mass is 15.0. The molecule has 0 aromatic carbocycles. The third kappa shape index (κ3) is 2.41. The predicted molar refractivity (Wildman–Crippen MR) is 47.2 cm³/mol. The maximum atomic E-state index is 5.29. The van der Waals surface area contributed by atoms with Crippen molar-refractivity contribution in [1.29, 1.82) is 0 Å². The van der Waals surface area contributed by atoms with Crippen LogP contribution in [0.5, 0.6) is 0 Å². The maximum absolute atomic E-state index is 5.29. The molecule has 1 rings (SSSR count). The molecule has 1 fully saturated rings. The van der Waals surface area contributed by atoms with Gasteiger partial charge in [0.05, 0.1) is 6.04 Å². The lowest BCUT2D eigenvalue weighted by atomic mass is 10.0. The van der Waals surface area contributed by atoms with E-state index in [4.69, 9.17) is 11.5 Å². The van der Waals surface area contributed by atoms with Gasteiger partial charge in [-0.2, -0.15) is 0 Å². The quantitative estimate of drug-likeness (QED) is 0.458. The van der Waals surface area contributed by atoms with Crippen molar-refractivity contribution in [2.75, 3.05) is 0 Å². The first-order valence-electron chi connectivity index (χ1n) is 4.29. The Morgan fingerprint density at radius 3 is 2.36 bits per heavy atom. The van der Waals surface area contributed by atoms with E-state index in [-0.39, 0.29) is 5.96 Å². The Hall–Kier alpha value is -0.730. The monoisotopic (exact) mass is 155 g/mol. The van der Waals surface area contributed by atoms with E-state index in [2.05, 4.69) is 11.9 Å². The summed E-state index contributed by atoms with van der Waals surface area (Å²) >= 11 is 0. The van der Waals surface area contributed by atoms with E-state index in [1.165, 1.54) is 25.7 Å². The Morgan fingerprint density at radius 2 is 1.91 bits per heavy atom. The van der Waals surface area contributed by atoms with Crippen molar-refractivity contribution in [3.63, 3.8) is 0 Å². The lowest BCUT2D eigenvalue weighted by Gasteiger charge is -2.13. The third-order valence-corrected chi connectivity index (χ3v) is 2.43. The Bertz CT molecular complexity index is 143. The minimum atomic E-state index is 0.226. The highest BCUT2D eigenvalue weighted by molar-refractivity contribution is 5.75. The number of hydrogen-bond donors (Lipinski definition) is 2. The van der Waals surface area contributed by atoms with Crippen LogP contribution in [0.15, 0.2) is 4.99 Å². The van der Waals surface area contributed by atoms with Crippen molar-refractivity contribution in [3.8, 4) is 0 Å². The number of rotatable bonds is 2. The van der Waals surface area contributed by atoms with E-state index in [0.29, 0.717) is 6.04 Å². The summed E-state index contributed by atoms with van der Waals surface area (Å²) in [5.74, 6) is 0.946. The number of nitrogens with two attached hydrogens (primary N) is 2. The summed E-state index contributed by atoms with van der Waals surface area (Å²) in [4.78, 5) is 4.13. The van der Waals surface area contributed by atoms with Gasteiger partial charge in [-0.1, -0.05) is 12.8 Å². The van der Waals surface area contributed by atoms with Gasteiger partial charge in [0.15, 0.2) is 5.96 Å². The normalized spacial score (nSPS) is 21.5. The summed E-state index contributed by atoms with van der Waals surface area (Å²) < 4.78 is 0. The summed E-state index contributed by atoms with van der Waals surface area (Å²) in [6.07, 6.45) is 5.26. The van der Waals surface area contributed by atoms with Crippen LogP contribution in [0.2, 0.25) is 0 Å². The molecule has 1 aliphatic rings. The summed E-state index contributed by atoms with van der Waals surface area (Å²) in [6, 6.07) is 0.322. The molecular weight excluding hydrogens is 138 g/mol. The lowest BCUT2D eigenvalue weighted by molar-refractivity contribution is 0.459. The van der Waals surface area contributed by atoms with Crippen molar-refractivity contribution in [2.45, 2.75) is 38.6 Å². The molecule has 1 saturated carbocycles. The van der Waals surface area contributed by atoms with Crippen LogP contribution in [0.25, 0.3) is 0 Å². The zero-order valence-electron chi connectivity index (χ0n) is 7.09. The van der Waals surface area contributed by atoms with Crippen molar-refractivity contribution in [2.24, 2.45) is 22.4 Å². The zero-order chi connectivity index (χ0) is 8.27. The molecule has 1 aliphatic carbocycles. The molecule has 0 spiro atoms. The molecule has 0 heterocycles. The molecule has 0 amide bonds. The van der Waals surface area contributed by atoms with Gasteiger partial charge in [-0.25, -0.2) is 0 Å². The van der Waals surface area contributed by atoms with E-state index < -0.39 is 0 Å². The number of aliphatic imine (C=N–C) groups is 1. The van der Waals surface area contributed by atoms with Crippen LogP contribution in [0.3, 0.4) is 0 Å². The largest absolute Gasteiger partial charge is 0.370 e. The van der Waals surface area contributed by atoms with Gasteiger partial charge in [-0.15, -0.1) is 0 Å². The molecular formula is C8H17N3. The van der Waals surface area contributed by atoms with Gasteiger partial charge >= 0.3 is 0 Å². The molecule has 0 bridgehead atoms. The molecule has 1 atom stereocenters. The average Bonchev–Trinajstić information content (AvgIpc) is 2.35. The van der Waals surface area contributed by atoms with Crippen LogP contribution in [0.4, 0.5) is 0 Å². The van der Waals surface area contributed by atoms with Gasteiger partial charge in [-0.3, -0.25) is 4.99 Å². The Morgan fingerprint density at radius 1 is 1.36 bits per heavy atom. The molecule has 0 aromatic rings. The molecule has 1 unspecified atom stereocenters. The Balaban J connectivity index is 2.40. The fourth-order valence-electron chi connectivity index (χ4n) is 1.78. The number of hydrogen-bond acceptors (Lipinski definition) is 1. The van der Waals surface area contributed by atoms with E-state index in [0.717, 1.165) is 5.92 Å². The second-order valence-electron chi connectivity index (χ2n) is 3.34. The van der Waals surface area contributed by atoms with E-state index >= 15 is 0 Å². The van der Waals surface area contributed by atoms with Crippen LogP contribution < -0.4 is 11.5 Å². The highest BCUT2D eigenvalue weighted by Crippen LogP contribution is 2.28. The van der Waals surface area contributed by atoms with Gasteiger partial charge in [-0.05, 0) is 25.7 Å². The molecule has 0 radical (unpaired) electrons. The first kappa shape index (κ1) is 8.37. The third-order valence-electron chi connectivity index (χ3n) is 2.43. The van der Waals surface area contributed by atoms with Crippen LogP contribution in [0, 0.1) is 5.92 Å². The van der Waals surface area contributed by atoms with Crippen LogP contribution >= 0.6 is 0 Å². The first-order valence-corrected chi connectivity index (χ1v) is 4.29. The van der Waals surface area contributed by atoms with E-state index in [9.17, 15) is 0 Å². The summed E-state index contributed by atoms with van der Waals surface area (Å²) in [7, 11) is 0. The topological polar surface area (TPSA) is 64.4 Å². The van der Waals surface area contributed by atoms with Gasteiger partial charge < -0.3 is 11.5 Å². The molecule has 4 N–H and O–H groups in total. The van der Waals surface area contributed by atoms with E-state index in [1.54, 1.807) is 0 Å². The molecule has 0 aromatic heterocycles. The minimum Gasteiger partial charge on any atom is -0.370 e. The number of guanidine groups is 1. The Kier molecular flexibility index (Phi) is 2.74. The first-order chi connectivity index (χ1) is 5.20. The van der Waals surface area contributed by atoms with Crippen molar-refractivity contribution in [3.05, 3.63) is 0 Å². The second kappa shape index (κ2) is 3.60. The standard InChI is InChI=1S/C8H17N3/c1-6(11-8(9)10)7-4-2-3-5-7/h6-7H,2-5H2,1H3,(H4,9,10,11). The van der Waals surface area contributed by atoms with Crippen LogP contribution in [0.1, 0.15) is 32.6 Å². The minimum absolute atomic E-state index is 0.226. The molecule has 3 nitrogen and oxygen atoms in total. The van der Waals surface area contributed by atoms with Crippen LogP contribution in [-0.2, 0) is 0 Å². The van der Waals surface area contributed by atoms with Gasteiger partial charge in [0.1, 0.15) is 0 Å². The summed E-state index contributed by atoms with van der Waals surface area (Å²) in [6.45, 7) is 2.09. The predicted octanol–water partition coefficient (Wildman–Crippen LogP) is 0.838. The smallest absolute Gasteiger partial charge is 0.186 e. The van der Waals surface area contributed by atoms with Crippen molar-refractivity contribution < 1.29 is 0 Å². The molecule has 64 valence electrons.